The zero-order valence-corrected chi connectivity index (χ0v) is 10.3. The van der Waals surface area contributed by atoms with Gasteiger partial charge in [0.15, 0.2) is 11.6 Å². The highest BCUT2D eigenvalue weighted by Gasteiger charge is 2.10. The molecular formula is C14H15F2NO. The summed E-state index contributed by atoms with van der Waals surface area (Å²) >= 11 is 0. The first-order chi connectivity index (χ1) is 8.58. The van der Waals surface area contributed by atoms with Gasteiger partial charge < -0.3 is 9.73 Å². The quantitative estimate of drug-likeness (QED) is 0.896. The third-order valence-corrected chi connectivity index (χ3v) is 2.98. The largest absolute Gasteiger partial charge is 0.468 e. The maximum atomic E-state index is 13.1. The van der Waals surface area contributed by atoms with Crippen molar-refractivity contribution in [3.05, 3.63) is 59.1 Å². The molecule has 2 aromatic rings. The van der Waals surface area contributed by atoms with Gasteiger partial charge in [0.2, 0.25) is 0 Å². The number of rotatable bonds is 4. The van der Waals surface area contributed by atoms with Crippen molar-refractivity contribution in [2.24, 2.45) is 0 Å². The number of halogens is 2. The average molecular weight is 251 g/mol. The highest BCUT2D eigenvalue weighted by Crippen LogP contribution is 2.17. The lowest BCUT2D eigenvalue weighted by Gasteiger charge is -2.13. The molecule has 0 aliphatic carbocycles. The van der Waals surface area contributed by atoms with Gasteiger partial charge in [-0.05, 0) is 43.2 Å². The zero-order valence-electron chi connectivity index (χ0n) is 10.3. The third kappa shape index (κ3) is 2.76. The molecule has 1 unspecified atom stereocenters. The van der Waals surface area contributed by atoms with E-state index in [1.54, 1.807) is 12.3 Å². The Morgan fingerprint density at radius 1 is 1.22 bits per heavy atom. The maximum Gasteiger partial charge on any atom is 0.159 e. The van der Waals surface area contributed by atoms with E-state index in [0.29, 0.717) is 12.1 Å². The summed E-state index contributed by atoms with van der Waals surface area (Å²) in [5, 5.41) is 3.21. The molecule has 0 bridgehead atoms. The smallest absolute Gasteiger partial charge is 0.159 e. The van der Waals surface area contributed by atoms with Crippen molar-refractivity contribution in [1.29, 1.82) is 0 Å². The Kier molecular flexibility index (Phi) is 3.77. The highest BCUT2D eigenvalue weighted by atomic mass is 19.2. The molecule has 0 aliphatic heterocycles. The standard InChI is InChI=1S/C14H15F2NO/c1-9-5-6-18-14(9)8-17-10(2)11-3-4-12(15)13(16)7-11/h3-7,10,17H,8H2,1-2H3. The Morgan fingerprint density at radius 3 is 2.61 bits per heavy atom. The molecule has 1 aromatic heterocycles. The van der Waals surface area contributed by atoms with Crippen LogP contribution >= 0.6 is 0 Å². The molecule has 0 fully saturated rings. The summed E-state index contributed by atoms with van der Waals surface area (Å²) < 4.78 is 31.2. The van der Waals surface area contributed by atoms with Crippen molar-refractivity contribution in [1.82, 2.24) is 5.32 Å². The molecule has 1 aromatic carbocycles. The van der Waals surface area contributed by atoms with Gasteiger partial charge in [0.25, 0.3) is 0 Å². The van der Waals surface area contributed by atoms with Crippen molar-refractivity contribution in [2.75, 3.05) is 0 Å². The van der Waals surface area contributed by atoms with Crippen molar-refractivity contribution in [2.45, 2.75) is 26.4 Å². The van der Waals surface area contributed by atoms with Crippen LogP contribution in [0.4, 0.5) is 8.78 Å². The molecule has 96 valence electrons. The molecule has 1 heterocycles. The van der Waals surface area contributed by atoms with Crippen LogP contribution in [0.5, 0.6) is 0 Å². The van der Waals surface area contributed by atoms with Gasteiger partial charge in [-0.1, -0.05) is 6.07 Å². The monoisotopic (exact) mass is 251 g/mol. The van der Waals surface area contributed by atoms with Gasteiger partial charge in [0.05, 0.1) is 12.8 Å². The first-order valence-electron chi connectivity index (χ1n) is 5.79. The van der Waals surface area contributed by atoms with Crippen LogP contribution in [0.3, 0.4) is 0 Å². The van der Waals surface area contributed by atoms with Crippen LogP contribution in [-0.4, -0.2) is 0 Å². The predicted molar refractivity (Wildman–Crippen MR) is 65.1 cm³/mol. The lowest BCUT2D eigenvalue weighted by atomic mass is 10.1. The fourth-order valence-electron chi connectivity index (χ4n) is 1.73. The highest BCUT2D eigenvalue weighted by molar-refractivity contribution is 5.21. The van der Waals surface area contributed by atoms with E-state index in [2.05, 4.69) is 5.32 Å². The molecule has 2 nitrogen and oxygen atoms in total. The summed E-state index contributed by atoms with van der Waals surface area (Å²) in [6, 6.07) is 5.73. The van der Waals surface area contributed by atoms with E-state index in [-0.39, 0.29) is 6.04 Å². The van der Waals surface area contributed by atoms with E-state index in [1.807, 2.05) is 19.9 Å². The normalized spacial score (nSPS) is 12.7. The lowest BCUT2D eigenvalue weighted by molar-refractivity contribution is 0.455. The fourth-order valence-corrected chi connectivity index (χ4v) is 1.73. The molecule has 0 saturated carbocycles. The summed E-state index contributed by atoms with van der Waals surface area (Å²) in [6.07, 6.45) is 1.63. The van der Waals surface area contributed by atoms with Gasteiger partial charge in [0.1, 0.15) is 5.76 Å². The van der Waals surface area contributed by atoms with Gasteiger partial charge in [-0.25, -0.2) is 8.78 Å². The van der Waals surface area contributed by atoms with Gasteiger partial charge in [0, 0.05) is 6.04 Å². The molecule has 1 atom stereocenters. The van der Waals surface area contributed by atoms with E-state index in [9.17, 15) is 8.78 Å². The fraction of sp³-hybridized carbons (Fsp3) is 0.286. The van der Waals surface area contributed by atoms with Crippen LogP contribution in [0.2, 0.25) is 0 Å². The van der Waals surface area contributed by atoms with Gasteiger partial charge >= 0.3 is 0 Å². The van der Waals surface area contributed by atoms with Gasteiger partial charge in [-0.2, -0.15) is 0 Å². The van der Waals surface area contributed by atoms with Crippen LogP contribution < -0.4 is 5.32 Å². The average Bonchev–Trinajstić information content (AvgIpc) is 2.75. The molecule has 4 heteroatoms. The van der Waals surface area contributed by atoms with Gasteiger partial charge in [-0.3, -0.25) is 0 Å². The molecular weight excluding hydrogens is 236 g/mol. The van der Waals surface area contributed by atoms with Crippen LogP contribution in [0.15, 0.2) is 34.9 Å². The van der Waals surface area contributed by atoms with Gasteiger partial charge in [-0.15, -0.1) is 0 Å². The minimum atomic E-state index is -0.826. The van der Waals surface area contributed by atoms with Crippen LogP contribution in [0, 0.1) is 18.6 Å². The number of aryl methyl sites for hydroxylation is 1. The molecule has 0 saturated heterocycles. The second-order valence-electron chi connectivity index (χ2n) is 4.30. The second-order valence-corrected chi connectivity index (χ2v) is 4.30. The first-order valence-corrected chi connectivity index (χ1v) is 5.79. The summed E-state index contributed by atoms with van der Waals surface area (Å²) in [7, 11) is 0. The Labute approximate surface area is 105 Å². The van der Waals surface area contributed by atoms with E-state index >= 15 is 0 Å². The van der Waals surface area contributed by atoms with E-state index in [4.69, 9.17) is 4.42 Å². The van der Waals surface area contributed by atoms with E-state index in [1.165, 1.54) is 6.07 Å². The molecule has 0 spiro atoms. The van der Waals surface area contributed by atoms with Crippen molar-refractivity contribution < 1.29 is 13.2 Å². The zero-order chi connectivity index (χ0) is 13.1. The number of nitrogens with one attached hydrogen (secondary N) is 1. The first kappa shape index (κ1) is 12.8. The SMILES string of the molecule is Cc1ccoc1CNC(C)c1ccc(F)c(F)c1. The number of furan rings is 1. The van der Waals surface area contributed by atoms with Crippen LogP contribution in [-0.2, 0) is 6.54 Å². The second kappa shape index (κ2) is 5.31. The lowest BCUT2D eigenvalue weighted by Crippen LogP contribution is -2.18. The predicted octanol–water partition coefficient (Wildman–Crippen LogP) is 3.72. The molecule has 0 aliphatic rings. The molecule has 0 amide bonds. The van der Waals surface area contributed by atoms with Crippen LogP contribution in [0.1, 0.15) is 29.9 Å². The number of hydrogen-bond acceptors (Lipinski definition) is 2. The van der Waals surface area contributed by atoms with Crippen molar-refractivity contribution >= 4 is 0 Å². The Balaban J connectivity index is 2.01. The van der Waals surface area contributed by atoms with E-state index < -0.39 is 11.6 Å². The molecule has 2 rings (SSSR count). The molecule has 0 radical (unpaired) electrons. The summed E-state index contributed by atoms with van der Waals surface area (Å²) in [4.78, 5) is 0. The minimum absolute atomic E-state index is 0.0791. The topological polar surface area (TPSA) is 25.2 Å². The minimum Gasteiger partial charge on any atom is -0.468 e. The summed E-state index contributed by atoms with van der Waals surface area (Å²) in [5.41, 5.74) is 1.78. The van der Waals surface area contributed by atoms with Crippen molar-refractivity contribution in [3.63, 3.8) is 0 Å². The van der Waals surface area contributed by atoms with Crippen molar-refractivity contribution in [3.8, 4) is 0 Å². The molecule has 18 heavy (non-hydrogen) atoms. The number of benzene rings is 1. The number of hydrogen-bond donors (Lipinski definition) is 1. The third-order valence-electron chi connectivity index (χ3n) is 2.98. The summed E-state index contributed by atoms with van der Waals surface area (Å²) in [5.74, 6) is -0.799. The van der Waals surface area contributed by atoms with E-state index in [0.717, 1.165) is 17.4 Å². The van der Waals surface area contributed by atoms with Crippen LogP contribution in [0.25, 0.3) is 0 Å². The Hall–Kier alpha value is -1.68. The Morgan fingerprint density at radius 2 is 2.00 bits per heavy atom. The maximum absolute atomic E-state index is 13.1. The molecule has 1 N–H and O–H groups in total. The summed E-state index contributed by atoms with van der Waals surface area (Å²) in [6.45, 7) is 4.41. The Bertz CT molecular complexity index is 536.